The first-order chi connectivity index (χ1) is 17.9. The van der Waals surface area contributed by atoms with E-state index < -0.39 is 24.5 Å². The van der Waals surface area contributed by atoms with Gasteiger partial charge in [-0.1, -0.05) is 6.42 Å². The molecule has 4 atom stereocenters. The van der Waals surface area contributed by atoms with Crippen LogP contribution in [0.2, 0.25) is 0 Å². The van der Waals surface area contributed by atoms with Gasteiger partial charge in [0.15, 0.2) is 6.67 Å². The number of ether oxygens (including phenoxy) is 3. The summed E-state index contributed by atoms with van der Waals surface area (Å²) in [6, 6.07) is -0.438. The predicted octanol–water partition coefficient (Wildman–Crippen LogP) is -0.531. The van der Waals surface area contributed by atoms with Crippen molar-refractivity contribution in [2.75, 3.05) is 65.2 Å². The van der Waals surface area contributed by atoms with Crippen LogP contribution < -0.4 is 26.6 Å². The van der Waals surface area contributed by atoms with E-state index in [0.717, 1.165) is 25.0 Å². The van der Waals surface area contributed by atoms with E-state index >= 15 is 0 Å². The number of unbranched alkanes of at least 4 members (excludes halogenated alkanes) is 1. The molecule has 2 heterocycles. The van der Waals surface area contributed by atoms with Gasteiger partial charge in [0.05, 0.1) is 51.7 Å². The molecule has 2 rings (SSSR count). The number of carbonyl (C=O) groups is 4. The zero-order chi connectivity index (χ0) is 26.9. The molecule has 14 heteroatoms. The fraction of sp³-hybridized carbons (Fsp3) is 0.826. The zero-order valence-corrected chi connectivity index (χ0v) is 22.2. The Labute approximate surface area is 221 Å². The van der Waals surface area contributed by atoms with Gasteiger partial charge >= 0.3 is 6.03 Å². The lowest BCUT2D eigenvalue weighted by Crippen LogP contribution is -2.46. The van der Waals surface area contributed by atoms with Gasteiger partial charge in [-0.15, -0.1) is 0 Å². The highest BCUT2D eigenvalue weighted by atomic mass is 32.2. The first kappa shape index (κ1) is 31.1. The number of fused-ring (bicyclic) bond motifs is 1. The third kappa shape index (κ3) is 12.8. The Hall–Kier alpha value is -2.16. The van der Waals surface area contributed by atoms with E-state index in [4.69, 9.17) is 14.2 Å². The van der Waals surface area contributed by atoms with Crippen molar-refractivity contribution in [1.82, 2.24) is 26.6 Å². The summed E-state index contributed by atoms with van der Waals surface area (Å²) in [5, 5.41) is 14.0. The molecule has 212 valence electrons. The van der Waals surface area contributed by atoms with Crippen LogP contribution in [0.5, 0.6) is 0 Å². The number of alkyl halides is 1. The van der Waals surface area contributed by atoms with Crippen LogP contribution in [0, 0.1) is 0 Å². The number of urea groups is 1. The fourth-order valence-corrected chi connectivity index (χ4v) is 5.46. The summed E-state index contributed by atoms with van der Waals surface area (Å²) in [5.41, 5.74) is 0. The van der Waals surface area contributed by atoms with Gasteiger partial charge in [-0.25, -0.2) is 9.18 Å². The number of nitrogens with one attached hydrogen (secondary N) is 5. The standard InChI is InChI=1S/C23H40FN5O7S/c1-16(27-20(31)14-24)22(32)26-7-9-35-11-13-36-12-10-34-8-6-25-19(30)5-3-2-4-18-21-17(15-37-18)28-23(33)29-21/h16-18,21H,2-15H2,1H3,(H,25,30)(H,26,32)(H,27,31)(H2,28,29,33)/t16-,17-,18-,21-/m0/s1. The van der Waals surface area contributed by atoms with Crippen molar-refractivity contribution >= 4 is 35.5 Å². The average Bonchev–Trinajstić information content (AvgIpc) is 3.43. The van der Waals surface area contributed by atoms with Gasteiger partial charge in [0.1, 0.15) is 6.04 Å². The van der Waals surface area contributed by atoms with Gasteiger partial charge in [0.25, 0.3) is 5.91 Å². The summed E-state index contributed by atoms with van der Waals surface area (Å²) in [5.74, 6) is -0.280. The minimum Gasteiger partial charge on any atom is -0.377 e. The first-order valence-electron chi connectivity index (χ1n) is 12.7. The molecule has 0 aromatic rings. The van der Waals surface area contributed by atoms with Crippen molar-refractivity contribution in [3.05, 3.63) is 0 Å². The number of halogens is 1. The maximum absolute atomic E-state index is 12.1. The SMILES string of the molecule is C[C@H](NC(=O)CF)C(=O)NCCOCCOCCOCCNC(=O)CCCC[C@@H]1SC[C@@H]2NC(=O)N[C@@H]21. The first-order valence-corrected chi connectivity index (χ1v) is 13.8. The highest BCUT2D eigenvalue weighted by Crippen LogP contribution is 2.33. The highest BCUT2D eigenvalue weighted by Gasteiger charge is 2.42. The molecule has 5 amide bonds. The second-order valence-corrected chi connectivity index (χ2v) is 10.0. The van der Waals surface area contributed by atoms with E-state index in [1.807, 2.05) is 11.8 Å². The summed E-state index contributed by atoms with van der Waals surface area (Å²) in [4.78, 5) is 45.9. The minimum absolute atomic E-state index is 0.0138. The van der Waals surface area contributed by atoms with Crippen molar-refractivity contribution < 1.29 is 37.8 Å². The normalized spacial score (nSPS) is 21.0. The molecule has 5 N–H and O–H groups in total. The molecule has 0 spiro atoms. The number of rotatable bonds is 20. The molecule has 2 fully saturated rings. The van der Waals surface area contributed by atoms with Crippen LogP contribution in [-0.2, 0) is 28.6 Å². The average molecular weight is 550 g/mol. The van der Waals surface area contributed by atoms with E-state index in [9.17, 15) is 23.6 Å². The van der Waals surface area contributed by atoms with E-state index in [1.54, 1.807) is 0 Å². The minimum atomic E-state index is -1.16. The lowest BCUT2D eigenvalue weighted by molar-refractivity contribution is -0.129. The van der Waals surface area contributed by atoms with Gasteiger partial charge in [-0.3, -0.25) is 14.4 Å². The Bertz CT molecular complexity index is 736. The highest BCUT2D eigenvalue weighted by molar-refractivity contribution is 8.00. The van der Waals surface area contributed by atoms with Crippen LogP contribution in [0.3, 0.4) is 0 Å². The van der Waals surface area contributed by atoms with E-state index in [-0.39, 0.29) is 37.2 Å². The molecule has 0 aromatic heterocycles. The van der Waals surface area contributed by atoms with Crippen LogP contribution in [0.4, 0.5) is 9.18 Å². The van der Waals surface area contributed by atoms with Crippen molar-refractivity contribution in [3.63, 3.8) is 0 Å². The monoisotopic (exact) mass is 549 g/mol. The van der Waals surface area contributed by atoms with Gasteiger partial charge in [0, 0.05) is 30.5 Å². The second kappa shape index (κ2) is 18.2. The van der Waals surface area contributed by atoms with Crippen molar-refractivity contribution in [2.24, 2.45) is 0 Å². The van der Waals surface area contributed by atoms with E-state index in [0.29, 0.717) is 51.2 Å². The molecule has 37 heavy (non-hydrogen) atoms. The Kier molecular flexibility index (Phi) is 15.2. The number of carbonyl (C=O) groups excluding carboxylic acids is 4. The molecule has 0 bridgehead atoms. The largest absolute Gasteiger partial charge is 0.377 e. The van der Waals surface area contributed by atoms with Crippen LogP contribution in [0.15, 0.2) is 0 Å². The maximum atomic E-state index is 12.1. The number of hydrogen-bond donors (Lipinski definition) is 5. The van der Waals surface area contributed by atoms with Crippen molar-refractivity contribution in [3.8, 4) is 0 Å². The molecule has 0 unspecified atom stereocenters. The van der Waals surface area contributed by atoms with Crippen LogP contribution >= 0.6 is 11.8 Å². The predicted molar refractivity (Wildman–Crippen MR) is 136 cm³/mol. The summed E-state index contributed by atoms with van der Waals surface area (Å²) >= 11 is 1.88. The third-order valence-corrected chi connectivity index (χ3v) is 7.34. The Morgan fingerprint density at radius 2 is 1.62 bits per heavy atom. The Morgan fingerprint density at radius 3 is 2.30 bits per heavy atom. The van der Waals surface area contributed by atoms with E-state index in [2.05, 4.69) is 26.6 Å². The zero-order valence-electron chi connectivity index (χ0n) is 21.4. The van der Waals surface area contributed by atoms with Gasteiger partial charge in [-0.05, 0) is 19.8 Å². The molecule has 0 radical (unpaired) electrons. The van der Waals surface area contributed by atoms with Crippen molar-refractivity contribution in [1.29, 1.82) is 0 Å². The van der Waals surface area contributed by atoms with Gasteiger partial charge < -0.3 is 40.8 Å². The van der Waals surface area contributed by atoms with E-state index in [1.165, 1.54) is 6.92 Å². The van der Waals surface area contributed by atoms with Gasteiger partial charge in [-0.2, -0.15) is 11.8 Å². The summed E-state index contributed by atoms with van der Waals surface area (Å²) in [6.07, 6.45) is 3.26. The topological polar surface area (TPSA) is 156 Å². The summed E-state index contributed by atoms with van der Waals surface area (Å²) < 4.78 is 28.3. The summed E-state index contributed by atoms with van der Waals surface area (Å²) in [7, 11) is 0. The quantitative estimate of drug-likeness (QED) is 0.100. The molecule has 2 aliphatic rings. The molecule has 12 nitrogen and oxygen atoms in total. The Balaban J connectivity index is 1.30. The number of thioether (sulfide) groups is 1. The number of amides is 5. The fourth-order valence-electron chi connectivity index (χ4n) is 3.91. The van der Waals surface area contributed by atoms with Crippen LogP contribution in [0.1, 0.15) is 32.6 Å². The van der Waals surface area contributed by atoms with Crippen molar-refractivity contribution in [2.45, 2.75) is 56.0 Å². The number of hydrogen-bond acceptors (Lipinski definition) is 8. The molecule has 0 saturated carbocycles. The molecular weight excluding hydrogens is 509 g/mol. The lowest BCUT2D eigenvalue weighted by atomic mass is 10.0. The molecule has 0 aromatic carbocycles. The van der Waals surface area contributed by atoms with Crippen LogP contribution in [-0.4, -0.2) is 112 Å². The van der Waals surface area contributed by atoms with Gasteiger partial charge in [0.2, 0.25) is 11.8 Å². The second-order valence-electron chi connectivity index (χ2n) is 8.77. The Morgan fingerprint density at radius 1 is 0.973 bits per heavy atom. The summed E-state index contributed by atoms with van der Waals surface area (Å²) in [6.45, 7) is 3.25. The molecule has 2 saturated heterocycles. The lowest BCUT2D eigenvalue weighted by Gasteiger charge is -2.16. The third-order valence-electron chi connectivity index (χ3n) is 5.83. The molecule has 0 aliphatic carbocycles. The maximum Gasteiger partial charge on any atom is 0.315 e. The smallest absolute Gasteiger partial charge is 0.315 e. The molecular formula is C23H40FN5O7S. The van der Waals surface area contributed by atoms with Crippen LogP contribution in [0.25, 0.3) is 0 Å². The molecule has 2 aliphatic heterocycles.